The van der Waals surface area contributed by atoms with Gasteiger partial charge in [-0.2, -0.15) is 0 Å². The van der Waals surface area contributed by atoms with Crippen molar-refractivity contribution >= 4 is 23.6 Å². The maximum absolute atomic E-state index is 10.6. The summed E-state index contributed by atoms with van der Waals surface area (Å²) in [5.74, 6) is 0. The topological polar surface area (TPSA) is 37.3 Å². The molecular weight excluding hydrogens is 244 g/mol. The van der Waals surface area contributed by atoms with Gasteiger partial charge in [0.1, 0.15) is 0 Å². The van der Waals surface area contributed by atoms with Crippen molar-refractivity contribution in [3.63, 3.8) is 0 Å². The Balaban J connectivity index is 3.00. The van der Waals surface area contributed by atoms with E-state index >= 15 is 0 Å². The molecule has 0 amide bonds. The Morgan fingerprint density at radius 1 is 1.30 bits per heavy atom. The van der Waals surface area contributed by atoms with Crippen LogP contribution in [0, 0.1) is 6.92 Å². The molecule has 1 aromatic rings. The summed E-state index contributed by atoms with van der Waals surface area (Å²) in [5, 5.41) is 0. The van der Waals surface area contributed by atoms with Crippen molar-refractivity contribution in [1.82, 2.24) is 0 Å². The molecule has 3 heteroatoms. The van der Waals surface area contributed by atoms with Crippen LogP contribution in [0.2, 0.25) is 0 Å². The normalized spacial score (nSPS) is 10.3. The zero-order chi connectivity index (χ0) is 7.56. The molecule has 1 rings (SSSR count). The van der Waals surface area contributed by atoms with Crippen LogP contribution in [0.5, 0.6) is 0 Å². The predicted molar refractivity (Wildman–Crippen MR) is 39.5 cm³/mol. The van der Waals surface area contributed by atoms with Gasteiger partial charge < -0.3 is 0 Å². The SMILES string of the molecule is Cc1ccc([Te](=O)O)cc1. The molecule has 2 nitrogen and oxygen atoms in total. The van der Waals surface area contributed by atoms with Crippen LogP contribution < -0.4 is 3.61 Å². The van der Waals surface area contributed by atoms with E-state index in [4.69, 9.17) is 3.47 Å². The molecule has 1 N–H and O–H groups in total. The molecule has 0 bridgehead atoms. The van der Waals surface area contributed by atoms with E-state index < -0.39 is 19.9 Å². The average molecular weight is 252 g/mol. The van der Waals surface area contributed by atoms with E-state index in [1.54, 1.807) is 12.1 Å². The van der Waals surface area contributed by atoms with E-state index in [9.17, 15) is 3.10 Å². The van der Waals surface area contributed by atoms with Crippen LogP contribution >= 0.6 is 0 Å². The first kappa shape index (κ1) is 7.87. The fourth-order valence-electron chi connectivity index (χ4n) is 0.655. The minimum absolute atomic E-state index is 0.592. The molecule has 0 saturated heterocycles. The zero-order valence-electron chi connectivity index (χ0n) is 5.57. The Kier molecular flexibility index (Phi) is 2.56. The average Bonchev–Trinajstić information content (AvgIpc) is 1.88. The van der Waals surface area contributed by atoms with Crippen LogP contribution in [-0.4, -0.2) is 23.4 Å². The van der Waals surface area contributed by atoms with Crippen molar-refractivity contribution in [3.8, 4) is 0 Å². The Labute approximate surface area is 67.1 Å². The molecule has 0 unspecified atom stereocenters. The van der Waals surface area contributed by atoms with Crippen molar-refractivity contribution in [1.29, 1.82) is 0 Å². The van der Waals surface area contributed by atoms with E-state index in [0.29, 0.717) is 3.61 Å². The fraction of sp³-hybridized carbons (Fsp3) is 0.143. The van der Waals surface area contributed by atoms with Crippen LogP contribution in [0.1, 0.15) is 5.56 Å². The van der Waals surface area contributed by atoms with Gasteiger partial charge in [0.2, 0.25) is 0 Å². The molecule has 54 valence electrons. The zero-order valence-corrected chi connectivity index (χ0v) is 7.90. The predicted octanol–water partition coefficient (Wildman–Crippen LogP) is 0.113. The van der Waals surface area contributed by atoms with Gasteiger partial charge >= 0.3 is 66.9 Å². The third-order valence-corrected chi connectivity index (χ3v) is 3.15. The summed E-state index contributed by atoms with van der Waals surface area (Å²) >= 11 is -3.07. The van der Waals surface area contributed by atoms with Gasteiger partial charge in [0, 0.05) is 0 Å². The van der Waals surface area contributed by atoms with Crippen molar-refractivity contribution in [3.05, 3.63) is 29.8 Å². The van der Waals surface area contributed by atoms with Crippen LogP contribution in [0.25, 0.3) is 0 Å². The van der Waals surface area contributed by atoms with E-state index in [0.717, 1.165) is 5.56 Å². The standard InChI is InChI=1S/C7H8O2Te/c1-6-2-4-7(5-3-6)10(8)9/h2-5H,1H3,(H,8,9). The summed E-state index contributed by atoms with van der Waals surface area (Å²) in [4.78, 5) is 0. The van der Waals surface area contributed by atoms with Gasteiger partial charge in [0.15, 0.2) is 0 Å². The number of hydrogen-bond acceptors (Lipinski definition) is 1. The van der Waals surface area contributed by atoms with Crippen molar-refractivity contribution in [2.45, 2.75) is 6.92 Å². The second-order valence-corrected chi connectivity index (χ2v) is 4.83. The second kappa shape index (κ2) is 3.25. The summed E-state index contributed by atoms with van der Waals surface area (Å²) < 4.78 is 19.9. The molecule has 0 heterocycles. The Morgan fingerprint density at radius 3 is 2.20 bits per heavy atom. The van der Waals surface area contributed by atoms with Gasteiger partial charge in [-0.15, -0.1) is 0 Å². The van der Waals surface area contributed by atoms with Gasteiger partial charge in [-0.25, -0.2) is 0 Å². The number of rotatable bonds is 1. The van der Waals surface area contributed by atoms with Crippen LogP contribution in [0.15, 0.2) is 24.3 Å². The molecule has 1 aromatic carbocycles. The molecule has 0 aliphatic rings. The van der Waals surface area contributed by atoms with Crippen LogP contribution in [0.4, 0.5) is 0 Å². The first-order valence-corrected chi connectivity index (χ1v) is 6.03. The third-order valence-electron chi connectivity index (χ3n) is 1.22. The molecule has 0 aliphatic carbocycles. The van der Waals surface area contributed by atoms with E-state index in [-0.39, 0.29) is 0 Å². The monoisotopic (exact) mass is 254 g/mol. The van der Waals surface area contributed by atoms with E-state index in [2.05, 4.69) is 0 Å². The molecule has 0 atom stereocenters. The van der Waals surface area contributed by atoms with Crippen molar-refractivity contribution < 1.29 is 6.58 Å². The number of hydrogen-bond donors (Lipinski definition) is 1. The first-order valence-electron chi connectivity index (χ1n) is 2.87. The summed E-state index contributed by atoms with van der Waals surface area (Å²) in [6.07, 6.45) is 0. The van der Waals surface area contributed by atoms with E-state index in [1.165, 1.54) is 0 Å². The molecule has 0 radical (unpaired) electrons. The summed E-state index contributed by atoms with van der Waals surface area (Å²) in [5.41, 5.74) is 1.11. The number of aryl methyl sites for hydroxylation is 1. The molecule has 0 aliphatic heterocycles. The Morgan fingerprint density at radius 2 is 1.80 bits per heavy atom. The molecule has 10 heavy (non-hydrogen) atoms. The van der Waals surface area contributed by atoms with Crippen LogP contribution in [-0.2, 0) is 3.10 Å². The van der Waals surface area contributed by atoms with Gasteiger partial charge in [-0.3, -0.25) is 0 Å². The van der Waals surface area contributed by atoms with Gasteiger partial charge in [0.25, 0.3) is 0 Å². The van der Waals surface area contributed by atoms with Crippen LogP contribution in [0.3, 0.4) is 0 Å². The molecule has 0 fully saturated rings. The molecular formula is C7H8O2Te. The van der Waals surface area contributed by atoms with Gasteiger partial charge in [-0.05, 0) is 0 Å². The first-order chi connectivity index (χ1) is 4.70. The number of benzene rings is 1. The van der Waals surface area contributed by atoms with Crippen molar-refractivity contribution in [2.24, 2.45) is 0 Å². The fourth-order valence-corrected chi connectivity index (χ4v) is 1.71. The third kappa shape index (κ3) is 1.88. The summed E-state index contributed by atoms with van der Waals surface area (Å²) in [6.45, 7) is 1.95. The Hall–Kier alpha value is -0.230. The van der Waals surface area contributed by atoms with Gasteiger partial charge in [-0.1, -0.05) is 0 Å². The van der Waals surface area contributed by atoms with E-state index in [1.807, 2.05) is 19.1 Å². The second-order valence-electron chi connectivity index (χ2n) is 2.06. The summed E-state index contributed by atoms with van der Waals surface area (Å²) in [6, 6.07) is 7.10. The maximum atomic E-state index is 10.6. The van der Waals surface area contributed by atoms with Gasteiger partial charge in [0.05, 0.1) is 0 Å². The molecule has 0 aromatic heterocycles. The van der Waals surface area contributed by atoms with Crippen molar-refractivity contribution in [2.75, 3.05) is 0 Å². The Bertz CT molecular complexity index is 240. The molecule has 0 spiro atoms. The minimum atomic E-state index is -3.07. The molecule has 0 saturated carbocycles. The quantitative estimate of drug-likeness (QED) is 0.720. The summed E-state index contributed by atoms with van der Waals surface area (Å²) in [7, 11) is 0.